The second-order valence-electron chi connectivity index (χ2n) is 9.27. The summed E-state index contributed by atoms with van der Waals surface area (Å²) in [6.07, 6.45) is 3.92. The van der Waals surface area contributed by atoms with Gasteiger partial charge in [0.15, 0.2) is 0 Å². The number of ether oxygens (including phenoxy) is 2. The van der Waals surface area contributed by atoms with Crippen molar-refractivity contribution in [2.24, 2.45) is 0 Å². The standard InChI is InChI=1S/C31H32ClN3O2/c1-36-26-11-7-23(8-12-26)31(24-9-13-27(37-2)14-10-24)28-21-33-16-15-25(28)22-34-17-19-35(20-18-34)30-6-4-3-5-29(30)32/h3-16,21,31H,17-20,22H2,1-2H3. The normalized spacial score (nSPS) is 14.1. The minimum Gasteiger partial charge on any atom is -0.497 e. The highest BCUT2D eigenvalue weighted by Crippen LogP contribution is 2.36. The van der Waals surface area contributed by atoms with E-state index in [0.29, 0.717) is 0 Å². The average molecular weight is 514 g/mol. The monoisotopic (exact) mass is 513 g/mol. The van der Waals surface area contributed by atoms with E-state index in [-0.39, 0.29) is 5.92 Å². The van der Waals surface area contributed by atoms with Crippen molar-refractivity contribution in [1.82, 2.24) is 9.88 Å². The Balaban J connectivity index is 1.41. The van der Waals surface area contributed by atoms with Crippen molar-refractivity contribution < 1.29 is 9.47 Å². The van der Waals surface area contributed by atoms with Gasteiger partial charge in [0.05, 0.1) is 24.9 Å². The Kier molecular flexibility index (Phi) is 7.93. The molecule has 4 aromatic rings. The zero-order chi connectivity index (χ0) is 25.6. The zero-order valence-corrected chi connectivity index (χ0v) is 22.1. The number of methoxy groups -OCH3 is 2. The Morgan fingerprint density at radius 3 is 1.95 bits per heavy atom. The summed E-state index contributed by atoms with van der Waals surface area (Å²) in [5, 5.41) is 0.814. The predicted octanol–water partition coefficient (Wildman–Crippen LogP) is 6.25. The third-order valence-corrected chi connectivity index (χ3v) is 7.43. The summed E-state index contributed by atoms with van der Waals surface area (Å²) in [5.74, 6) is 1.74. The molecule has 1 aromatic heterocycles. The lowest BCUT2D eigenvalue weighted by Crippen LogP contribution is -2.46. The van der Waals surface area contributed by atoms with Crippen molar-refractivity contribution in [2.75, 3.05) is 45.3 Å². The summed E-state index contributed by atoms with van der Waals surface area (Å²) >= 11 is 6.46. The van der Waals surface area contributed by atoms with E-state index in [1.54, 1.807) is 14.2 Å². The molecule has 1 aliphatic heterocycles. The van der Waals surface area contributed by atoms with Gasteiger partial charge in [0.25, 0.3) is 0 Å². The number of halogens is 1. The smallest absolute Gasteiger partial charge is 0.118 e. The van der Waals surface area contributed by atoms with E-state index in [9.17, 15) is 0 Å². The molecule has 0 spiro atoms. The minimum absolute atomic E-state index is 0.0462. The number of hydrogen-bond donors (Lipinski definition) is 0. The van der Waals surface area contributed by atoms with Gasteiger partial charge in [0.1, 0.15) is 11.5 Å². The number of benzene rings is 3. The maximum absolute atomic E-state index is 6.46. The highest BCUT2D eigenvalue weighted by Gasteiger charge is 2.24. The predicted molar refractivity (Wildman–Crippen MR) is 150 cm³/mol. The van der Waals surface area contributed by atoms with Crippen LogP contribution in [0.25, 0.3) is 0 Å². The summed E-state index contributed by atoms with van der Waals surface area (Å²) < 4.78 is 10.8. The van der Waals surface area contributed by atoms with E-state index in [4.69, 9.17) is 21.1 Å². The Morgan fingerprint density at radius 2 is 1.38 bits per heavy atom. The van der Waals surface area contributed by atoms with Crippen LogP contribution in [0.15, 0.2) is 91.3 Å². The molecule has 0 saturated carbocycles. The Labute approximate surface area is 224 Å². The molecule has 3 aromatic carbocycles. The molecule has 5 rings (SSSR count). The fourth-order valence-corrected chi connectivity index (χ4v) is 5.33. The van der Waals surface area contributed by atoms with Gasteiger partial charge in [-0.2, -0.15) is 0 Å². The van der Waals surface area contributed by atoms with Crippen molar-refractivity contribution in [3.63, 3.8) is 0 Å². The van der Waals surface area contributed by atoms with Crippen LogP contribution in [0.4, 0.5) is 5.69 Å². The third kappa shape index (κ3) is 5.74. The summed E-state index contributed by atoms with van der Waals surface area (Å²) in [6, 6.07) is 26.9. The number of aromatic nitrogens is 1. The first kappa shape index (κ1) is 25.1. The molecule has 6 heteroatoms. The molecule has 0 amide bonds. The number of pyridine rings is 1. The van der Waals surface area contributed by atoms with Gasteiger partial charge in [0.2, 0.25) is 0 Å². The van der Waals surface area contributed by atoms with Crippen LogP contribution in [0, 0.1) is 0 Å². The first-order valence-electron chi connectivity index (χ1n) is 12.6. The SMILES string of the molecule is COc1ccc(C(c2ccc(OC)cc2)c2cnccc2CN2CCN(c3ccccc3Cl)CC2)cc1. The van der Waals surface area contributed by atoms with Gasteiger partial charge in [-0.05, 0) is 64.7 Å². The molecule has 2 heterocycles. The van der Waals surface area contributed by atoms with Gasteiger partial charge >= 0.3 is 0 Å². The number of para-hydroxylation sites is 1. The van der Waals surface area contributed by atoms with Crippen molar-refractivity contribution in [2.45, 2.75) is 12.5 Å². The van der Waals surface area contributed by atoms with Crippen LogP contribution >= 0.6 is 11.6 Å². The molecule has 5 nitrogen and oxygen atoms in total. The molecule has 37 heavy (non-hydrogen) atoms. The van der Waals surface area contributed by atoms with Crippen LogP contribution < -0.4 is 14.4 Å². The molecule has 0 atom stereocenters. The minimum atomic E-state index is 0.0462. The first-order chi connectivity index (χ1) is 18.2. The van der Waals surface area contributed by atoms with Crippen LogP contribution in [0.3, 0.4) is 0 Å². The van der Waals surface area contributed by atoms with Crippen molar-refractivity contribution >= 4 is 17.3 Å². The van der Waals surface area contributed by atoms with E-state index in [0.717, 1.165) is 54.9 Å². The summed E-state index contributed by atoms with van der Waals surface area (Å²) in [5.41, 5.74) is 6.02. The van der Waals surface area contributed by atoms with E-state index in [1.165, 1.54) is 22.3 Å². The average Bonchev–Trinajstić information content (AvgIpc) is 2.96. The molecule has 0 radical (unpaired) electrons. The van der Waals surface area contributed by atoms with Crippen molar-refractivity contribution in [1.29, 1.82) is 0 Å². The van der Waals surface area contributed by atoms with Crippen molar-refractivity contribution in [3.8, 4) is 11.5 Å². The van der Waals surface area contributed by atoms with E-state index < -0.39 is 0 Å². The second-order valence-corrected chi connectivity index (χ2v) is 9.68. The quantitative estimate of drug-likeness (QED) is 0.278. The lowest BCUT2D eigenvalue weighted by molar-refractivity contribution is 0.249. The van der Waals surface area contributed by atoms with Gasteiger partial charge in [0, 0.05) is 51.0 Å². The number of piperazine rings is 1. The molecule has 1 aliphatic rings. The lowest BCUT2D eigenvalue weighted by Gasteiger charge is -2.37. The zero-order valence-electron chi connectivity index (χ0n) is 21.3. The van der Waals surface area contributed by atoms with E-state index in [2.05, 4.69) is 57.2 Å². The second kappa shape index (κ2) is 11.7. The maximum atomic E-state index is 6.46. The van der Waals surface area contributed by atoms with Crippen LogP contribution in [0.5, 0.6) is 11.5 Å². The summed E-state index contributed by atoms with van der Waals surface area (Å²) in [7, 11) is 3.39. The number of rotatable bonds is 8. The maximum Gasteiger partial charge on any atom is 0.118 e. The molecule has 1 fully saturated rings. The van der Waals surface area contributed by atoms with Crippen molar-refractivity contribution in [3.05, 3.63) is 119 Å². The van der Waals surface area contributed by atoms with Crippen LogP contribution in [-0.2, 0) is 6.54 Å². The fourth-order valence-electron chi connectivity index (χ4n) is 5.08. The number of nitrogens with zero attached hydrogens (tertiary/aromatic N) is 3. The number of hydrogen-bond acceptors (Lipinski definition) is 5. The molecule has 0 N–H and O–H groups in total. The highest BCUT2D eigenvalue weighted by atomic mass is 35.5. The van der Waals surface area contributed by atoms with Gasteiger partial charge < -0.3 is 14.4 Å². The van der Waals surface area contributed by atoms with Gasteiger partial charge in [-0.1, -0.05) is 48.0 Å². The molecular weight excluding hydrogens is 482 g/mol. The van der Waals surface area contributed by atoms with E-state index >= 15 is 0 Å². The molecule has 190 valence electrons. The molecular formula is C31H32ClN3O2. The topological polar surface area (TPSA) is 37.8 Å². The molecule has 0 bridgehead atoms. The van der Waals surface area contributed by atoms with E-state index in [1.807, 2.05) is 48.8 Å². The fraction of sp³-hybridized carbons (Fsp3) is 0.258. The van der Waals surface area contributed by atoms with Crippen LogP contribution in [-0.4, -0.2) is 50.3 Å². The van der Waals surface area contributed by atoms with Gasteiger partial charge in [-0.15, -0.1) is 0 Å². The Hall–Kier alpha value is -3.54. The Bertz CT molecular complexity index is 1260. The van der Waals surface area contributed by atoms with Crippen LogP contribution in [0.2, 0.25) is 5.02 Å². The number of anilines is 1. The first-order valence-corrected chi connectivity index (χ1v) is 13.0. The third-order valence-electron chi connectivity index (χ3n) is 7.11. The highest BCUT2D eigenvalue weighted by molar-refractivity contribution is 6.33. The molecule has 0 aliphatic carbocycles. The Morgan fingerprint density at radius 1 is 0.784 bits per heavy atom. The molecule has 0 unspecified atom stereocenters. The van der Waals surface area contributed by atoms with Gasteiger partial charge in [-0.25, -0.2) is 0 Å². The van der Waals surface area contributed by atoms with Crippen LogP contribution in [0.1, 0.15) is 28.2 Å². The summed E-state index contributed by atoms with van der Waals surface area (Å²) in [4.78, 5) is 9.45. The van der Waals surface area contributed by atoms with Gasteiger partial charge in [-0.3, -0.25) is 9.88 Å². The largest absolute Gasteiger partial charge is 0.497 e. The molecule has 1 saturated heterocycles. The summed E-state index contributed by atoms with van der Waals surface area (Å²) in [6.45, 7) is 4.72. The lowest BCUT2D eigenvalue weighted by atomic mass is 9.83.